The quantitative estimate of drug-likeness (QED) is 0.530. The fourth-order valence-corrected chi connectivity index (χ4v) is 1.37. The highest BCUT2D eigenvalue weighted by atomic mass is 16.3. The summed E-state index contributed by atoms with van der Waals surface area (Å²) in [7, 11) is 0. The normalized spacial score (nSPS) is 12.7. The lowest BCUT2D eigenvalue weighted by Gasteiger charge is -2.14. The minimum Gasteiger partial charge on any atom is -0.504 e. The van der Waals surface area contributed by atoms with Gasteiger partial charge in [0.25, 0.3) is 0 Å². The third kappa shape index (κ3) is 2.37. The van der Waals surface area contributed by atoms with E-state index in [0.29, 0.717) is 13.0 Å². The van der Waals surface area contributed by atoms with Crippen LogP contribution in [0.2, 0.25) is 0 Å². The lowest BCUT2D eigenvalue weighted by atomic mass is 9.96. The van der Waals surface area contributed by atoms with Crippen molar-refractivity contribution in [3.63, 3.8) is 0 Å². The third-order valence-corrected chi connectivity index (χ3v) is 2.23. The highest BCUT2D eigenvalue weighted by Crippen LogP contribution is 2.29. The van der Waals surface area contributed by atoms with Crippen LogP contribution in [0.25, 0.3) is 0 Å². The van der Waals surface area contributed by atoms with E-state index in [2.05, 4.69) is 0 Å². The Hall–Kier alpha value is -1.26. The maximum Gasteiger partial charge on any atom is 0.157 e. The molecule has 78 valence electrons. The summed E-state index contributed by atoms with van der Waals surface area (Å²) in [6.45, 7) is 0.467. The van der Waals surface area contributed by atoms with E-state index in [1.807, 2.05) is 0 Å². The van der Waals surface area contributed by atoms with Gasteiger partial charge in [0.15, 0.2) is 11.5 Å². The first-order valence-electron chi connectivity index (χ1n) is 4.51. The van der Waals surface area contributed by atoms with E-state index in [-0.39, 0.29) is 24.0 Å². The van der Waals surface area contributed by atoms with Gasteiger partial charge in [-0.05, 0) is 36.6 Å². The second kappa shape index (κ2) is 4.83. The highest BCUT2D eigenvalue weighted by molar-refractivity contribution is 5.41. The average Bonchev–Trinajstić information content (AvgIpc) is 2.19. The van der Waals surface area contributed by atoms with Crippen molar-refractivity contribution in [3.05, 3.63) is 23.8 Å². The molecule has 0 saturated carbocycles. The minimum absolute atomic E-state index is 0.0199. The molecule has 0 amide bonds. The Morgan fingerprint density at radius 2 is 1.93 bits per heavy atom. The first kappa shape index (κ1) is 10.8. The van der Waals surface area contributed by atoms with Gasteiger partial charge >= 0.3 is 0 Å². The minimum atomic E-state index is -0.154. The van der Waals surface area contributed by atoms with Crippen molar-refractivity contribution in [2.45, 2.75) is 12.3 Å². The molecular formula is C10H15NO3. The molecule has 1 aromatic carbocycles. The van der Waals surface area contributed by atoms with Gasteiger partial charge in [-0.1, -0.05) is 6.07 Å². The maximum atomic E-state index is 9.26. The second-order valence-corrected chi connectivity index (χ2v) is 3.19. The molecule has 0 aromatic heterocycles. The Morgan fingerprint density at radius 3 is 2.43 bits per heavy atom. The first-order valence-corrected chi connectivity index (χ1v) is 4.51. The largest absolute Gasteiger partial charge is 0.504 e. The van der Waals surface area contributed by atoms with Gasteiger partial charge in [-0.2, -0.15) is 0 Å². The summed E-state index contributed by atoms with van der Waals surface area (Å²) in [5.41, 5.74) is 6.35. The Kier molecular flexibility index (Phi) is 3.73. The molecule has 0 saturated heterocycles. The number of rotatable bonds is 4. The van der Waals surface area contributed by atoms with E-state index in [4.69, 9.17) is 15.9 Å². The van der Waals surface area contributed by atoms with Gasteiger partial charge in [0.2, 0.25) is 0 Å². The summed E-state index contributed by atoms with van der Waals surface area (Å²) in [6.07, 6.45) is 0.556. The zero-order chi connectivity index (χ0) is 10.6. The number of aliphatic hydroxyl groups excluding tert-OH is 1. The van der Waals surface area contributed by atoms with E-state index in [1.54, 1.807) is 6.07 Å². The van der Waals surface area contributed by atoms with Crippen molar-refractivity contribution >= 4 is 0 Å². The van der Waals surface area contributed by atoms with Crippen LogP contribution in [0.1, 0.15) is 17.9 Å². The van der Waals surface area contributed by atoms with Crippen LogP contribution in [0.5, 0.6) is 11.5 Å². The molecule has 0 aliphatic carbocycles. The average molecular weight is 197 g/mol. The van der Waals surface area contributed by atoms with Crippen molar-refractivity contribution < 1.29 is 15.3 Å². The van der Waals surface area contributed by atoms with Crippen LogP contribution < -0.4 is 5.73 Å². The van der Waals surface area contributed by atoms with Crippen LogP contribution in [0.4, 0.5) is 0 Å². The van der Waals surface area contributed by atoms with Gasteiger partial charge < -0.3 is 21.1 Å². The predicted molar refractivity (Wildman–Crippen MR) is 53.3 cm³/mol. The topological polar surface area (TPSA) is 86.7 Å². The SMILES string of the molecule is NCC(CCO)c1ccc(O)c(O)c1. The summed E-state index contributed by atoms with van der Waals surface area (Å²) in [4.78, 5) is 0. The fraction of sp³-hybridized carbons (Fsp3) is 0.400. The van der Waals surface area contributed by atoms with Gasteiger partial charge in [0.1, 0.15) is 0 Å². The number of aromatic hydroxyl groups is 2. The Morgan fingerprint density at radius 1 is 1.21 bits per heavy atom. The molecule has 1 rings (SSSR count). The summed E-state index contributed by atoms with van der Waals surface area (Å²) < 4.78 is 0. The highest BCUT2D eigenvalue weighted by Gasteiger charge is 2.10. The monoisotopic (exact) mass is 197 g/mol. The zero-order valence-corrected chi connectivity index (χ0v) is 7.85. The van der Waals surface area contributed by atoms with E-state index in [9.17, 15) is 5.11 Å². The smallest absolute Gasteiger partial charge is 0.157 e. The number of benzene rings is 1. The van der Waals surface area contributed by atoms with Crippen molar-refractivity contribution in [2.75, 3.05) is 13.2 Å². The van der Waals surface area contributed by atoms with E-state index >= 15 is 0 Å². The number of nitrogens with two attached hydrogens (primary N) is 1. The molecule has 4 nitrogen and oxygen atoms in total. The van der Waals surface area contributed by atoms with E-state index in [0.717, 1.165) is 5.56 Å². The van der Waals surface area contributed by atoms with Crippen LogP contribution in [0.15, 0.2) is 18.2 Å². The second-order valence-electron chi connectivity index (χ2n) is 3.19. The molecule has 0 radical (unpaired) electrons. The molecule has 0 bridgehead atoms. The number of phenols is 2. The molecule has 4 heteroatoms. The van der Waals surface area contributed by atoms with Crippen LogP contribution in [-0.4, -0.2) is 28.5 Å². The van der Waals surface area contributed by atoms with Gasteiger partial charge in [-0.3, -0.25) is 0 Å². The lowest BCUT2D eigenvalue weighted by Crippen LogP contribution is -2.13. The van der Waals surface area contributed by atoms with Crippen LogP contribution in [0.3, 0.4) is 0 Å². The van der Waals surface area contributed by atoms with Gasteiger partial charge in [-0.15, -0.1) is 0 Å². The summed E-state index contributed by atoms with van der Waals surface area (Å²) in [6, 6.07) is 4.59. The number of phenolic OH excluding ortho intramolecular Hbond substituents is 2. The fourth-order valence-electron chi connectivity index (χ4n) is 1.37. The number of aliphatic hydroxyl groups is 1. The van der Waals surface area contributed by atoms with Crippen LogP contribution >= 0.6 is 0 Å². The van der Waals surface area contributed by atoms with E-state index < -0.39 is 0 Å². The Balaban J connectivity index is 2.88. The van der Waals surface area contributed by atoms with Crippen molar-refractivity contribution in [2.24, 2.45) is 5.73 Å². The summed E-state index contributed by atoms with van der Waals surface area (Å²) >= 11 is 0. The molecule has 0 aliphatic rings. The molecule has 0 heterocycles. The molecule has 1 aromatic rings. The van der Waals surface area contributed by atoms with Gasteiger partial charge in [0.05, 0.1) is 0 Å². The standard InChI is InChI=1S/C10H15NO3/c11-6-8(3-4-12)7-1-2-9(13)10(14)5-7/h1-2,5,8,12-14H,3-4,6,11H2. The van der Waals surface area contributed by atoms with Crippen molar-refractivity contribution in [3.8, 4) is 11.5 Å². The molecule has 0 fully saturated rings. The Labute approximate surface area is 82.6 Å². The number of hydrogen-bond donors (Lipinski definition) is 4. The van der Waals surface area contributed by atoms with Crippen LogP contribution in [-0.2, 0) is 0 Å². The lowest BCUT2D eigenvalue weighted by molar-refractivity contribution is 0.276. The molecule has 1 unspecified atom stereocenters. The molecule has 5 N–H and O–H groups in total. The summed E-state index contributed by atoms with van der Waals surface area (Å²) in [5, 5.41) is 27.1. The van der Waals surface area contributed by atoms with Crippen molar-refractivity contribution in [1.82, 2.24) is 0 Å². The van der Waals surface area contributed by atoms with Gasteiger partial charge in [-0.25, -0.2) is 0 Å². The predicted octanol–water partition coefficient (Wildman–Crippen LogP) is 0.523. The first-order chi connectivity index (χ1) is 6.69. The number of hydrogen-bond acceptors (Lipinski definition) is 4. The zero-order valence-electron chi connectivity index (χ0n) is 7.85. The van der Waals surface area contributed by atoms with Crippen molar-refractivity contribution in [1.29, 1.82) is 0 Å². The Bertz CT molecular complexity index is 301. The molecule has 1 atom stereocenters. The van der Waals surface area contributed by atoms with Crippen LogP contribution in [0, 0.1) is 0 Å². The summed E-state index contributed by atoms with van der Waals surface area (Å²) in [5.74, 6) is -0.279. The molecule has 14 heavy (non-hydrogen) atoms. The molecule has 0 aliphatic heterocycles. The maximum absolute atomic E-state index is 9.26. The molecular weight excluding hydrogens is 182 g/mol. The molecule has 0 spiro atoms. The third-order valence-electron chi connectivity index (χ3n) is 2.23. The van der Waals surface area contributed by atoms with Gasteiger partial charge in [0, 0.05) is 6.61 Å². The van der Waals surface area contributed by atoms with E-state index in [1.165, 1.54) is 12.1 Å².